The van der Waals surface area contributed by atoms with Crippen LogP contribution in [0.25, 0.3) is 0 Å². The summed E-state index contributed by atoms with van der Waals surface area (Å²) in [5.74, 6) is -2.34. The van der Waals surface area contributed by atoms with Gasteiger partial charge in [-0.3, -0.25) is 4.79 Å². The molecule has 4 nitrogen and oxygen atoms in total. The van der Waals surface area contributed by atoms with Crippen molar-refractivity contribution in [3.63, 3.8) is 0 Å². The predicted octanol–water partition coefficient (Wildman–Crippen LogP) is 6.87. The number of fused-ring (bicyclic) bond motifs is 5. The molecule has 0 aliphatic heterocycles. The van der Waals surface area contributed by atoms with Gasteiger partial charge in [0.2, 0.25) is 0 Å². The van der Waals surface area contributed by atoms with Crippen LogP contribution in [0.15, 0.2) is 18.2 Å². The zero-order valence-electron chi connectivity index (χ0n) is 25.1. The monoisotopic (exact) mass is 632 g/mol. The minimum absolute atomic E-state index is 0.130. The number of unbranched alkanes of at least 4 members (excludes halogenated alkanes) is 6. The Bertz CT molecular complexity index is 1090. The van der Waals surface area contributed by atoms with E-state index in [1.54, 1.807) is 0 Å². The lowest BCUT2D eigenvalue weighted by molar-refractivity contribution is -0.284. The largest absolute Gasteiger partial charge is 0.616 e. The molecule has 2 fully saturated rings. The Morgan fingerprint density at radius 3 is 2.30 bits per heavy atom. The lowest BCUT2D eigenvalue weighted by Crippen LogP contribution is -2.46. The van der Waals surface area contributed by atoms with E-state index in [0.29, 0.717) is 53.5 Å². The third-order valence-electron chi connectivity index (χ3n) is 10.7. The van der Waals surface area contributed by atoms with Crippen LogP contribution in [0.3, 0.4) is 0 Å². The van der Waals surface area contributed by atoms with Crippen LogP contribution >= 0.6 is 0 Å². The van der Waals surface area contributed by atoms with Crippen molar-refractivity contribution in [2.24, 2.45) is 23.2 Å². The van der Waals surface area contributed by atoms with Gasteiger partial charge in [0.05, 0.1) is 0 Å². The Morgan fingerprint density at radius 1 is 0.977 bits per heavy atom. The molecule has 1 aromatic carbocycles. The Morgan fingerprint density at radius 2 is 1.63 bits per heavy atom. The average Bonchev–Trinajstić information content (AvgIpc) is 3.24. The van der Waals surface area contributed by atoms with Crippen LogP contribution in [0.4, 0.5) is 22.0 Å². The summed E-state index contributed by atoms with van der Waals surface area (Å²) in [7, 11) is -1.49. The molecule has 242 valence electrons. The fraction of sp³-hybridized carbons (Fsp3) is 0.781. The van der Waals surface area contributed by atoms with Gasteiger partial charge in [0.15, 0.2) is 0 Å². The molecule has 43 heavy (non-hydrogen) atoms. The number of carbonyl (C=O) groups excluding carboxylic acids is 1. The molecular formula is C32H46BF5O4S. The molecule has 0 radical (unpaired) electrons. The normalized spacial score (nSPS) is 27.9. The number of carbonyl (C=O) groups is 1. The van der Waals surface area contributed by atoms with E-state index < -0.39 is 43.2 Å². The Labute approximate surface area is 255 Å². The standard InChI is InChI=1S/C32H46BF5O4S/c1-30-17-15-26-25-12-11-24(33(40)41)21-23(25)20-22(29(26)27(30)13-14-28(30)39)10-7-5-3-2-4-6-8-18-43(42)19-9-16-31(34,35)32(36,37)38/h11-12,21-22,26-27,29,40-41H,2-10,13-20H2,1H3/t22-,26-,27+,29-,30+,43?/m1/s1. The van der Waals surface area contributed by atoms with Crippen molar-refractivity contribution in [1.82, 2.24) is 0 Å². The quantitative estimate of drug-likeness (QED) is 0.0958. The van der Waals surface area contributed by atoms with Crippen molar-refractivity contribution in [2.75, 3.05) is 11.5 Å². The number of ketones is 1. The molecule has 3 aliphatic rings. The maximum absolute atomic E-state index is 13.0. The molecule has 2 N–H and O–H groups in total. The minimum Gasteiger partial charge on any atom is -0.616 e. The molecule has 6 atom stereocenters. The molecule has 11 heteroatoms. The van der Waals surface area contributed by atoms with Crippen LogP contribution in [0, 0.1) is 23.2 Å². The fourth-order valence-corrected chi connectivity index (χ4v) is 9.47. The van der Waals surface area contributed by atoms with Crippen LogP contribution in [0.5, 0.6) is 0 Å². The SMILES string of the molecule is C[C@]12CC[C@@H]3c4ccc(B(O)O)cc4C[C@@H](CCCCCCCCC[S+]([O-])CCCC(F)(F)C(F)(F)F)[C@H]3[C@@H]1CCC2=O. The molecule has 4 rings (SSSR count). The third-order valence-corrected chi connectivity index (χ3v) is 12.1. The second-order valence-electron chi connectivity index (χ2n) is 13.4. The van der Waals surface area contributed by atoms with E-state index in [2.05, 4.69) is 13.0 Å². The van der Waals surface area contributed by atoms with Crippen molar-refractivity contribution in [3.8, 4) is 0 Å². The smallest absolute Gasteiger partial charge is 0.488 e. The topological polar surface area (TPSA) is 80.6 Å². The van der Waals surface area contributed by atoms with Gasteiger partial charge in [-0.25, -0.2) is 0 Å². The molecule has 3 aliphatic carbocycles. The van der Waals surface area contributed by atoms with Crippen LogP contribution in [-0.2, 0) is 22.4 Å². The van der Waals surface area contributed by atoms with Gasteiger partial charge in [0.1, 0.15) is 17.3 Å². The number of hydrogen-bond donors (Lipinski definition) is 2. The van der Waals surface area contributed by atoms with Crippen molar-refractivity contribution >= 4 is 29.5 Å². The summed E-state index contributed by atoms with van der Waals surface area (Å²) in [6.07, 6.45) is 5.10. The predicted molar refractivity (Wildman–Crippen MR) is 160 cm³/mol. The molecule has 0 bridgehead atoms. The zero-order chi connectivity index (χ0) is 31.4. The number of Topliss-reactive ketones (excluding diaryl/α,β-unsaturated/α-hetero) is 1. The summed E-state index contributed by atoms with van der Waals surface area (Å²) in [5, 5.41) is 19.5. The van der Waals surface area contributed by atoms with Crippen molar-refractivity contribution in [1.29, 1.82) is 0 Å². The van der Waals surface area contributed by atoms with E-state index in [-0.39, 0.29) is 11.2 Å². The maximum atomic E-state index is 13.0. The number of halogens is 5. The van der Waals surface area contributed by atoms with Gasteiger partial charge in [0, 0.05) is 18.3 Å². The Hall–Kier alpha value is -1.17. The lowest BCUT2D eigenvalue weighted by atomic mass is 9.52. The van der Waals surface area contributed by atoms with E-state index >= 15 is 0 Å². The average molecular weight is 633 g/mol. The van der Waals surface area contributed by atoms with Crippen LogP contribution in [-0.4, -0.2) is 51.1 Å². The summed E-state index contributed by atoms with van der Waals surface area (Å²) in [6, 6.07) is 5.87. The summed E-state index contributed by atoms with van der Waals surface area (Å²) in [4.78, 5) is 12.9. The summed E-state index contributed by atoms with van der Waals surface area (Å²) >= 11 is -1.38. The molecular weight excluding hydrogens is 586 g/mol. The first-order valence-electron chi connectivity index (χ1n) is 16.1. The Balaban J connectivity index is 1.19. The highest BCUT2D eigenvalue weighted by Crippen LogP contribution is 2.61. The molecule has 0 saturated heterocycles. The van der Waals surface area contributed by atoms with E-state index in [1.165, 1.54) is 11.1 Å². The molecule has 0 spiro atoms. The maximum Gasteiger partial charge on any atom is 0.488 e. The van der Waals surface area contributed by atoms with Gasteiger partial charge >= 0.3 is 19.2 Å². The highest BCUT2D eigenvalue weighted by molar-refractivity contribution is 7.91. The molecule has 0 aromatic heterocycles. The highest BCUT2D eigenvalue weighted by Gasteiger charge is 2.57. The zero-order valence-corrected chi connectivity index (χ0v) is 26.0. The van der Waals surface area contributed by atoms with Gasteiger partial charge in [0.25, 0.3) is 0 Å². The number of benzene rings is 1. The van der Waals surface area contributed by atoms with E-state index in [0.717, 1.165) is 70.6 Å². The second-order valence-corrected chi connectivity index (χ2v) is 15.1. The van der Waals surface area contributed by atoms with Crippen molar-refractivity contribution in [2.45, 2.75) is 121 Å². The molecule has 1 unspecified atom stereocenters. The number of alkyl halides is 5. The van der Waals surface area contributed by atoms with Crippen LogP contribution < -0.4 is 5.46 Å². The third kappa shape index (κ3) is 8.17. The van der Waals surface area contributed by atoms with Gasteiger partial charge < -0.3 is 14.6 Å². The first-order valence-corrected chi connectivity index (χ1v) is 17.5. The van der Waals surface area contributed by atoms with Crippen LogP contribution in [0.2, 0.25) is 0 Å². The van der Waals surface area contributed by atoms with Gasteiger partial charge in [-0.15, -0.1) is 0 Å². The minimum atomic E-state index is -5.55. The van der Waals surface area contributed by atoms with E-state index in [1.807, 2.05) is 12.1 Å². The first kappa shape index (κ1) is 34.7. The molecule has 1 aromatic rings. The summed E-state index contributed by atoms with van der Waals surface area (Å²) < 4.78 is 74.6. The van der Waals surface area contributed by atoms with Crippen molar-refractivity contribution < 1.29 is 41.3 Å². The van der Waals surface area contributed by atoms with Gasteiger partial charge in [-0.05, 0) is 91.6 Å². The van der Waals surface area contributed by atoms with Gasteiger partial charge in [-0.1, -0.05) is 68.4 Å². The van der Waals surface area contributed by atoms with E-state index in [4.69, 9.17) is 0 Å². The fourth-order valence-electron chi connectivity index (χ4n) is 8.28. The summed E-state index contributed by atoms with van der Waals surface area (Å²) in [6.45, 7) is 2.18. The highest BCUT2D eigenvalue weighted by atomic mass is 32.2. The molecule has 0 heterocycles. The molecule has 0 amide bonds. The number of rotatable bonds is 15. The summed E-state index contributed by atoms with van der Waals surface area (Å²) in [5.41, 5.74) is 2.86. The van der Waals surface area contributed by atoms with E-state index in [9.17, 15) is 41.3 Å². The van der Waals surface area contributed by atoms with Crippen molar-refractivity contribution in [3.05, 3.63) is 29.3 Å². The van der Waals surface area contributed by atoms with Gasteiger partial charge in [-0.2, -0.15) is 22.0 Å². The Kier molecular flexibility index (Phi) is 11.7. The van der Waals surface area contributed by atoms with Crippen LogP contribution in [0.1, 0.15) is 114 Å². The lowest BCUT2D eigenvalue weighted by Gasteiger charge is -2.52. The second kappa shape index (κ2) is 14.5. The number of hydrogen-bond acceptors (Lipinski definition) is 4. The molecule has 2 saturated carbocycles. The first-order chi connectivity index (χ1) is 20.2.